The number of sulfonamides is 1. The molecule has 0 radical (unpaired) electrons. The minimum absolute atomic E-state index is 0.152. The fraction of sp³-hybridized carbons (Fsp3) is 0.500. The summed E-state index contributed by atoms with van der Waals surface area (Å²) in [6.45, 7) is 5.09. The van der Waals surface area contributed by atoms with Crippen molar-refractivity contribution in [3.8, 4) is 11.5 Å². The van der Waals surface area contributed by atoms with Gasteiger partial charge in [-0.3, -0.25) is 4.79 Å². The zero-order chi connectivity index (χ0) is 20.6. The maximum atomic E-state index is 13.0. The highest BCUT2D eigenvalue weighted by Crippen LogP contribution is 2.25. The molecule has 1 heterocycles. The molecule has 0 aliphatic heterocycles. The van der Waals surface area contributed by atoms with Crippen LogP contribution in [-0.2, 0) is 14.8 Å². The minimum atomic E-state index is -3.56. The Morgan fingerprint density at radius 3 is 2.25 bits per heavy atom. The number of carbonyl (C=O) groups is 1. The van der Waals surface area contributed by atoms with Crippen LogP contribution in [0.1, 0.15) is 39.5 Å². The summed E-state index contributed by atoms with van der Waals surface area (Å²) in [6.07, 6.45) is 3.49. The second kappa shape index (κ2) is 10.6. The van der Waals surface area contributed by atoms with Gasteiger partial charge >= 0.3 is 5.97 Å². The van der Waals surface area contributed by atoms with Gasteiger partial charge in [0.05, 0.1) is 4.90 Å². The summed E-state index contributed by atoms with van der Waals surface area (Å²) >= 11 is 0.928. The Balaban J connectivity index is 2.16. The molecule has 28 heavy (non-hydrogen) atoms. The number of benzene rings is 1. The molecule has 0 bridgehead atoms. The summed E-state index contributed by atoms with van der Waals surface area (Å²) in [5.74, 6) is -0.940. The lowest BCUT2D eigenvalue weighted by Crippen LogP contribution is -2.33. The van der Waals surface area contributed by atoms with Crippen LogP contribution in [0.2, 0.25) is 0 Å². The second-order valence-corrected chi connectivity index (χ2v) is 9.06. The Morgan fingerprint density at radius 1 is 1.11 bits per heavy atom. The number of hydrogen-bond acceptors (Lipinski definition) is 7. The molecule has 0 unspecified atom stereocenters. The Kier molecular flexibility index (Phi) is 8.46. The molecule has 8 nitrogen and oxygen atoms in total. The van der Waals surface area contributed by atoms with E-state index in [1.165, 1.54) is 12.1 Å². The third kappa shape index (κ3) is 6.05. The van der Waals surface area contributed by atoms with Crippen LogP contribution in [0.25, 0.3) is 11.5 Å². The van der Waals surface area contributed by atoms with E-state index in [-0.39, 0.29) is 21.8 Å². The number of hydrogen-bond donors (Lipinski definition) is 1. The summed E-state index contributed by atoms with van der Waals surface area (Å²) < 4.78 is 32.9. The molecule has 0 spiro atoms. The van der Waals surface area contributed by atoms with Crippen LogP contribution < -0.4 is 0 Å². The Bertz CT molecular complexity index is 858. The van der Waals surface area contributed by atoms with E-state index in [9.17, 15) is 13.2 Å². The second-order valence-electron chi connectivity index (χ2n) is 6.19. The molecular weight excluding hydrogens is 402 g/mol. The molecule has 154 valence electrons. The summed E-state index contributed by atoms with van der Waals surface area (Å²) in [7, 11) is -3.56. The van der Waals surface area contributed by atoms with Crippen molar-refractivity contribution in [3.63, 3.8) is 0 Å². The number of nitrogens with zero attached hydrogens (tertiary/aromatic N) is 3. The molecule has 1 aromatic heterocycles. The highest BCUT2D eigenvalue weighted by atomic mass is 32.2. The summed E-state index contributed by atoms with van der Waals surface area (Å²) in [5.41, 5.74) is 0.572. The predicted octanol–water partition coefficient (Wildman–Crippen LogP) is 3.50. The maximum Gasteiger partial charge on any atom is 0.314 e. The predicted molar refractivity (Wildman–Crippen MR) is 107 cm³/mol. The number of aromatic nitrogens is 2. The molecule has 10 heteroatoms. The zero-order valence-electron chi connectivity index (χ0n) is 16.0. The van der Waals surface area contributed by atoms with Gasteiger partial charge in [0.1, 0.15) is 5.75 Å². The van der Waals surface area contributed by atoms with Crippen molar-refractivity contribution >= 4 is 27.8 Å². The fourth-order valence-corrected chi connectivity index (χ4v) is 4.45. The van der Waals surface area contributed by atoms with Crippen molar-refractivity contribution in [1.29, 1.82) is 0 Å². The van der Waals surface area contributed by atoms with Gasteiger partial charge in [-0.1, -0.05) is 38.5 Å². The molecule has 0 aliphatic carbocycles. The zero-order valence-corrected chi connectivity index (χ0v) is 17.6. The van der Waals surface area contributed by atoms with Crippen LogP contribution in [-0.4, -0.2) is 52.8 Å². The van der Waals surface area contributed by atoms with Crippen LogP contribution in [0, 0.1) is 0 Å². The van der Waals surface area contributed by atoms with Gasteiger partial charge in [0, 0.05) is 18.7 Å². The first kappa shape index (κ1) is 22.4. The van der Waals surface area contributed by atoms with Gasteiger partial charge in [-0.15, -0.1) is 10.2 Å². The monoisotopic (exact) mass is 427 g/mol. The van der Waals surface area contributed by atoms with Crippen LogP contribution in [0.4, 0.5) is 0 Å². The Labute approximate surface area is 169 Å². The van der Waals surface area contributed by atoms with Crippen LogP contribution >= 0.6 is 11.8 Å². The third-order valence-corrected chi connectivity index (χ3v) is 6.70. The number of rotatable bonds is 12. The van der Waals surface area contributed by atoms with E-state index >= 15 is 0 Å². The number of unbranched alkanes of at least 4 members (excludes halogenated alkanes) is 2. The Hall–Kier alpha value is -1.91. The first-order valence-corrected chi connectivity index (χ1v) is 11.6. The fourth-order valence-electron chi connectivity index (χ4n) is 2.45. The van der Waals surface area contributed by atoms with Crippen molar-refractivity contribution < 1.29 is 22.7 Å². The smallest absolute Gasteiger partial charge is 0.314 e. The molecule has 2 rings (SSSR count). The quantitative estimate of drug-likeness (QED) is 0.512. The van der Waals surface area contributed by atoms with Crippen LogP contribution in [0.3, 0.4) is 0 Å². The lowest BCUT2D eigenvalue weighted by Gasteiger charge is -2.22. The molecule has 0 saturated carbocycles. The number of thioether (sulfide) groups is 1. The molecule has 2 aromatic rings. The molecule has 0 atom stereocenters. The first-order chi connectivity index (χ1) is 13.4. The molecule has 0 amide bonds. The lowest BCUT2D eigenvalue weighted by atomic mass is 10.2. The van der Waals surface area contributed by atoms with E-state index in [4.69, 9.17) is 9.52 Å². The minimum Gasteiger partial charge on any atom is -0.481 e. The summed E-state index contributed by atoms with van der Waals surface area (Å²) in [4.78, 5) is 10.8. The topological polar surface area (TPSA) is 114 Å². The van der Waals surface area contributed by atoms with E-state index in [2.05, 4.69) is 10.2 Å². The molecule has 0 fully saturated rings. The standard InChI is InChI=1S/C18H25N3O5S2/c1-3-5-11-21(12-6-4-2)28(24,25)15-9-7-14(8-10-15)17-19-20-18(26-17)27-13-16(22)23/h7-10H,3-6,11-13H2,1-2H3,(H,22,23). The van der Waals surface area contributed by atoms with E-state index in [0.29, 0.717) is 18.7 Å². The lowest BCUT2D eigenvalue weighted by molar-refractivity contribution is -0.133. The molecule has 0 saturated heterocycles. The van der Waals surface area contributed by atoms with Crippen molar-refractivity contribution in [2.75, 3.05) is 18.8 Å². The van der Waals surface area contributed by atoms with E-state index in [0.717, 1.165) is 37.4 Å². The van der Waals surface area contributed by atoms with Crippen LogP contribution in [0.15, 0.2) is 38.8 Å². The van der Waals surface area contributed by atoms with Gasteiger partial charge in [-0.2, -0.15) is 4.31 Å². The molecular formula is C18H25N3O5S2. The van der Waals surface area contributed by atoms with Crippen molar-refractivity contribution in [3.05, 3.63) is 24.3 Å². The number of aliphatic carboxylic acids is 1. The normalized spacial score (nSPS) is 11.8. The summed E-state index contributed by atoms with van der Waals surface area (Å²) in [6, 6.07) is 6.29. The van der Waals surface area contributed by atoms with E-state index in [1.54, 1.807) is 16.4 Å². The molecule has 0 aliphatic rings. The SMILES string of the molecule is CCCCN(CCCC)S(=O)(=O)c1ccc(-c2nnc(SCC(=O)O)o2)cc1. The average molecular weight is 428 g/mol. The number of carboxylic acid groups (broad SMARTS) is 1. The van der Waals surface area contributed by atoms with Crippen molar-refractivity contribution in [1.82, 2.24) is 14.5 Å². The third-order valence-electron chi connectivity index (χ3n) is 3.99. The van der Waals surface area contributed by atoms with Gasteiger partial charge in [0.15, 0.2) is 0 Å². The highest BCUT2D eigenvalue weighted by molar-refractivity contribution is 7.99. The van der Waals surface area contributed by atoms with Gasteiger partial charge in [-0.05, 0) is 37.1 Å². The van der Waals surface area contributed by atoms with Gasteiger partial charge in [0.25, 0.3) is 5.22 Å². The van der Waals surface area contributed by atoms with Gasteiger partial charge in [0.2, 0.25) is 15.9 Å². The van der Waals surface area contributed by atoms with E-state index < -0.39 is 16.0 Å². The van der Waals surface area contributed by atoms with Crippen LogP contribution in [0.5, 0.6) is 0 Å². The van der Waals surface area contributed by atoms with E-state index in [1.807, 2.05) is 13.8 Å². The summed E-state index contributed by atoms with van der Waals surface area (Å²) in [5, 5.41) is 16.5. The Morgan fingerprint density at radius 2 is 1.71 bits per heavy atom. The largest absolute Gasteiger partial charge is 0.481 e. The van der Waals surface area contributed by atoms with Gasteiger partial charge < -0.3 is 9.52 Å². The average Bonchev–Trinajstić information content (AvgIpc) is 3.15. The van der Waals surface area contributed by atoms with Crippen molar-refractivity contribution in [2.45, 2.75) is 49.6 Å². The first-order valence-electron chi connectivity index (χ1n) is 9.17. The maximum absolute atomic E-state index is 13.0. The molecule has 1 aromatic carbocycles. The molecule has 1 N–H and O–H groups in total. The van der Waals surface area contributed by atoms with Crippen molar-refractivity contribution in [2.24, 2.45) is 0 Å². The highest BCUT2D eigenvalue weighted by Gasteiger charge is 2.23. The van der Waals surface area contributed by atoms with Gasteiger partial charge in [-0.25, -0.2) is 8.42 Å². The number of carboxylic acids is 1.